The zero-order chi connectivity index (χ0) is 22.7. The van der Waals surface area contributed by atoms with Crippen molar-refractivity contribution in [2.45, 2.75) is 70.4 Å². The highest BCUT2D eigenvalue weighted by Gasteiger charge is 2.49. The van der Waals surface area contributed by atoms with E-state index in [1.54, 1.807) is 6.08 Å². The number of fused-ring (bicyclic) bond motifs is 3. The number of carbonyl (C=O) groups is 1. The molecule has 4 atom stereocenters. The van der Waals surface area contributed by atoms with Crippen molar-refractivity contribution >= 4 is 11.7 Å². The van der Waals surface area contributed by atoms with Gasteiger partial charge in [0.05, 0.1) is 6.04 Å². The summed E-state index contributed by atoms with van der Waals surface area (Å²) in [5.41, 5.74) is 3.10. The van der Waals surface area contributed by atoms with Gasteiger partial charge in [0.15, 0.2) is 5.79 Å². The molecular weight excluding hydrogens is 406 g/mol. The molecule has 1 saturated heterocycles. The van der Waals surface area contributed by atoms with E-state index in [9.17, 15) is 4.79 Å². The normalized spacial score (nSPS) is 23.9. The average molecular weight is 438 g/mol. The van der Waals surface area contributed by atoms with Crippen LogP contribution in [0.5, 0.6) is 5.75 Å². The van der Waals surface area contributed by atoms with Gasteiger partial charge in [-0.25, -0.2) is 0 Å². The van der Waals surface area contributed by atoms with Gasteiger partial charge in [-0.05, 0) is 37.6 Å². The molecule has 0 spiro atoms. The maximum Gasteiger partial charge on any atom is 0.302 e. The van der Waals surface area contributed by atoms with Crippen LogP contribution in [0.25, 0.3) is 0 Å². The summed E-state index contributed by atoms with van der Waals surface area (Å²) in [5, 5.41) is 3.58. The van der Waals surface area contributed by atoms with Crippen molar-refractivity contribution in [2.24, 2.45) is 0 Å². The zero-order valence-corrected chi connectivity index (χ0v) is 18.9. The molecule has 0 amide bonds. The number of carbonyl (C=O) groups excluding carboxylic acids is 1. The first-order valence-corrected chi connectivity index (χ1v) is 11.1. The highest BCUT2D eigenvalue weighted by atomic mass is 16.8. The fraction of sp³-hybridized carbons (Fsp3) is 0.423. The molecule has 170 valence electrons. The number of esters is 1. The standard InChI is InChI=1S/C26H31NO5/c1-5-9-20(30-17(2)28)15-23-25-24(31-26(3,4)32-25)21-14-19(12-13-22(21)27-23)29-16-18-10-7-6-8-11-18/h5-8,10-14,20,23-25,27H,1,9,15-16H2,2-4H3/t20-,23+,24+,25+/m1/s1. The lowest BCUT2D eigenvalue weighted by Gasteiger charge is -2.36. The predicted octanol–water partition coefficient (Wildman–Crippen LogP) is 5.15. The van der Waals surface area contributed by atoms with E-state index in [1.165, 1.54) is 6.92 Å². The first kappa shape index (κ1) is 22.4. The summed E-state index contributed by atoms with van der Waals surface area (Å²) in [6, 6.07) is 16.0. The van der Waals surface area contributed by atoms with Crippen LogP contribution in [-0.4, -0.2) is 30.0 Å². The predicted molar refractivity (Wildman–Crippen MR) is 122 cm³/mol. The largest absolute Gasteiger partial charge is 0.489 e. The second-order valence-electron chi connectivity index (χ2n) is 8.79. The van der Waals surface area contributed by atoms with Crippen LogP contribution in [0.3, 0.4) is 0 Å². The lowest BCUT2D eigenvalue weighted by Crippen LogP contribution is -2.44. The Bertz CT molecular complexity index is 958. The third-order valence-electron chi connectivity index (χ3n) is 5.72. The Kier molecular flexibility index (Phi) is 6.53. The second-order valence-corrected chi connectivity index (χ2v) is 8.79. The molecule has 2 aromatic carbocycles. The number of benzene rings is 2. The van der Waals surface area contributed by atoms with Gasteiger partial charge in [-0.2, -0.15) is 0 Å². The molecule has 0 radical (unpaired) electrons. The van der Waals surface area contributed by atoms with Crippen LogP contribution in [0.4, 0.5) is 5.69 Å². The Hall–Kier alpha value is -2.83. The van der Waals surface area contributed by atoms with Crippen LogP contribution in [0.1, 0.15) is 50.8 Å². The van der Waals surface area contributed by atoms with Gasteiger partial charge in [-0.15, -0.1) is 6.58 Å². The summed E-state index contributed by atoms with van der Waals surface area (Å²) in [4.78, 5) is 11.6. The monoisotopic (exact) mass is 437 g/mol. The van der Waals surface area contributed by atoms with E-state index in [0.29, 0.717) is 19.4 Å². The van der Waals surface area contributed by atoms with Crippen molar-refractivity contribution in [1.82, 2.24) is 0 Å². The van der Waals surface area contributed by atoms with E-state index in [-0.39, 0.29) is 30.3 Å². The highest BCUT2D eigenvalue weighted by Crippen LogP contribution is 2.47. The van der Waals surface area contributed by atoms with Gasteiger partial charge in [0.2, 0.25) is 0 Å². The summed E-state index contributed by atoms with van der Waals surface area (Å²) in [6.07, 6.45) is 2.22. The molecule has 1 N–H and O–H groups in total. The molecular formula is C26H31NO5. The number of rotatable bonds is 8. The molecule has 0 aliphatic carbocycles. The molecule has 2 aliphatic rings. The first-order valence-electron chi connectivity index (χ1n) is 11.1. The molecule has 2 aromatic rings. The Morgan fingerprint density at radius 1 is 1.22 bits per heavy atom. The summed E-state index contributed by atoms with van der Waals surface area (Å²) in [5.74, 6) is -0.231. The van der Waals surface area contributed by atoms with Crippen molar-refractivity contribution in [3.8, 4) is 5.75 Å². The number of nitrogens with one attached hydrogen (secondary N) is 1. The van der Waals surface area contributed by atoms with Gasteiger partial charge in [0.25, 0.3) is 0 Å². The molecule has 6 nitrogen and oxygen atoms in total. The maximum atomic E-state index is 11.6. The maximum absolute atomic E-state index is 11.6. The number of hydrogen-bond donors (Lipinski definition) is 1. The third kappa shape index (κ3) is 5.14. The first-order chi connectivity index (χ1) is 15.3. The number of hydrogen-bond acceptors (Lipinski definition) is 6. The molecule has 0 bridgehead atoms. The van der Waals surface area contributed by atoms with Crippen LogP contribution in [0, 0.1) is 0 Å². The summed E-state index contributed by atoms with van der Waals surface area (Å²) < 4.78 is 24.1. The van der Waals surface area contributed by atoms with Crippen LogP contribution < -0.4 is 10.1 Å². The minimum atomic E-state index is -0.715. The van der Waals surface area contributed by atoms with E-state index in [0.717, 1.165) is 22.6 Å². The fourth-order valence-corrected chi connectivity index (χ4v) is 4.43. The Balaban J connectivity index is 1.55. The van der Waals surface area contributed by atoms with Crippen LogP contribution >= 0.6 is 0 Å². The highest BCUT2D eigenvalue weighted by molar-refractivity contribution is 5.66. The van der Waals surface area contributed by atoms with Crippen molar-refractivity contribution in [3.63, 3.8) is 0 Å². The molecule has 2 aliphatic heterocycles. The van der Waals surface area contributed by atoms with Crippen molar-refractivity contribution in [3.05, 3.63) is 72.3 Å². The third-order valence-corrected chi connectivity index (χ3v) is 5.72. The topological polar surface area (TPSA) is 66.0 Å². The minimum Gasteiger partial charge on any atom is -0.489 e. The molecule has 6 heteroatoms. The van der Waals surface area contributed by atoms with Gasteiger partial charge in [0.1, 0.15) is 30.7 Å². The number of ether oxygens (including phenoxy) is 4. The zero-order valence-electron chi connectivity index (χ0n) is 18.9. The van der Waals surface area contributed by atoms with Crippen molar-refractivity contribution in [1.29, 1.82) is 0 Å². The molecule has 4 rings (SSSR count). The van der Waals surface area contributed by atoms with Crippen molar-refractivity contribution < 1.29 is 23.7 Å². The van der Waals surface area contributed by atoms with E-state index >= 15 is 0 Å². The van der Waals surface area contributed by atoms with E-state index in [4.69, 9.17) is 18.9 Å². The van der Waals surface area contributed by atoms with Gasteiger partial charge in [-0.1, -0.05) is 36.4 Å². The smallest absolute Gasteiger partial charge is 0.302 e. The average Bonchev–Trinajstić information content (AvgIpc) is 3.09. The van der Waals surface area contributed by atoms with Gasteiger partial charge < -0.3 is 24.3 Å². The molecule has 32 heavy (non-hydrogen) atoms. The lowest BCUT2D eigenvalue weighted by molar-refractivity contribution is -0.151. The summed E-state index contributed by atoms with van der Waals surface area (Å²) >= 11 is 0. The Morgan fingerprint density at radius 3 is 2.72 bits per heavy atom. The lowest BCUT2D eigenvalue weighted by atomic mass is 9.89. The van der Waals surface area contributed by atoms with Gasteiger partial charge in [0, 0.05) is 31.0 Å². The van der Waals surface area contributed by atoms with E-state index in [2.05, 4.69) is 11.9 Å². The minimum absolute atomic E-state index is 0.0744. The molecule has 2 heterocycles. The van der Waals surface area contributed by atoms with E-state index < -0.39 is 5.79 Å². The van der Waals surface area contributed by atoms with Crippen LogP contribution in [0.2, 0.25) is 0 Å². The van der Waals surface area contributed by atoms with Gasteiger partial charge >= 0.3 is 5.97 Å². The number of anilines is 1. The quantitative estimate of drug-likeness (QED) is 0.455. The summed E-state index contributed by atoms with van der Waals surface area (Å²) in [6.45, 7) is 9.56. The molecule has 0 aromatic heterocycles. The summed E-state index contributed by atoms with van der Waals surface area (Å²) in [7, 11) is 0. The van der Waals surface area contributed by atoms with Gasteiger partial charge in [-0.3, -0.25) is 4.79 Å². The van der Waals surface area contributed by atoms with Crippen LogP contribution in [-0.2, 0) is 25.6 Å². The molecule has 0 saturated carbocycles. The Morgan fingerprint density at radius 2 is 2.00 bits per heavy atom. The second kappa shape index (κ2) is 9.35. The Labute approximate surface area is 189 Å². The molecule has 1 fully saturated rings. The van der Waals surface area contributed by atoms with Crippen molar-refractivity contribution in [2.75, 3.05) is 5.32 Å². The molecule has 0 unspecified atom stereocenters. The fourth-order valence-electron chi connectivity index (χ4n) is 4.43. The SMILES string of the molecule is C=CC[C@H](C[C@@H]1Nc2ccc(OCc3ccccc3)cc2[C@@H]2OC(C)(C)O[C@@H]12)OC(C)=O. The van der Waals surface area contributed by atoms with Crippen LogP contribution in [0.15, 0.2) is 61.2 Å². The van der Waals surface area contributed by atoms with E-state index in [1.807, 2.05) is 62.4 Å².